The van der Waals surface area contributed by atoms with Crippen molar-refractivity contribution in [2.24, 2.45) is 0 Å². The first-order valence-corrected chi connectivity index (χ1v) is 12.8. The van der Waals surface area contributed by atoms with Gasteiger partial charge in [0.25, 0.3) is 5.91 Å². The Hall–Kier alpha value is -3.10. The lowest BCUT2D eigenvalue weighted by atomic mass is 10.1. The zero-order valence-electron chi connectivity index (χ0n) is 19.7. The number of amides is 1. The van der Waals surface area contributed by atoms with Crippen LogP contribution in [0, 0.1) is 6.92 Å². The minimum Gasteiger partial charge on any atom is -0.439 e. The molecule has 0 saturated carbocycles. The average Bonchev–Trinajstić information content (AvgIpc) is 3.52. The molecule has 180 valence electrons. The molecule has 0 radical (unpaired) electrons. The number of anilines is 1. The molecule has 1 aliphatic heterocycles. The maximum Gasteiger partial charge on any atom is 0.290 e. The highest BCUT2D eigenvalue weighted by Gasteiger charge is 2.28. The minimum atomic E-state index is -3.86. The van der Waals surface area contributed by atoms with Crippen LogP contribution in [-0.2, 0) is 21.1 Å². The van der Waals surface area contributed by atoms with E-state index in [1.807, 2.05) is 50.2 Å². The Morgan fingerprint density at radius 2 is 1.71 bits per heavy atom. The van der Waals surface area contributed by atoms with Gasteiger partial charge in [0.2, 0.25) is 14.9 Å². The van der Waals surface area contributed by atoms with E-state index in [2.05, 4.69) is 0 Å². The molecule has 34 heavy (non-hydrogen) atoms. The highest BCUT2D eigenvalue weighted by atomic mass is 32.2. The Morgan fingerprint density at radius 1 is 1.00 bits per heavy atom. The number of aryl methyl sites for hydroxylation is 1. The lowest BCUT2D eigenvalue weighted by Crippen LogP contribution is -2.36. The quantitative estimate of drug-likeness (QED) is 0.476. The summed E-state index contributed by atoms with van der Waals surface area (Å²) >= 11 is 0. The summed E-state index contributed by atoms with van der Waals surface area (Å²) < 4.78 is 37.3. The Balaban J connectivity index is 1.57. The van der Waals surface area contributed by atoms with Gasteiger partial charge in [-0.1, -0.05) is 29.8 Å². The van der Waals surface area contributed by atoms with Crippen molar-refractivity contribution < 1.29 is 22.4 Å². The molecule has 1 aliphatic rings. The second kappa shape index (κ2) is 10.0. The van der Waals surface area contributed by atoms with Gasteiger partial charge >= 0.3 is 0 Å². The predicted molar refractivity (Wildman–Crippen MR) is 130 cm³/mol. The summed E-state index contributed by atoms with van der Waals surface area (Å²) in [4.78, 5) is 17.2. The summed E-state index contributed by atoms with van der Waals surface area (Å²) in [6, 6.07) is 17.3. The highest BCUT2D eigenvalue weighted by molar-refractivity contribution is 7.91. The number of rotatable bonds is 8. The molecule has 4 rings (SSSR count). The SMILES string of the molecule is Cc1ccc(S(=O)(=O)c2ccc(C(=O)N(Cc3ccc(N(C)C)cc3)CC3CCCO3)o2)cc1. The van der Waals surface area contributed by atoms with Gasteiger partial charge in [-0.25, -0.2) is 8.42 Å². The number of carbonyl (C=O) groups excluding carboxylic acids is 1. The summed E-state index contributed by atoms with van der Waals surface area (Å²) in [6.45, 7) is 3.35. The lowest BCUT2D eigenvalue weighted by molar-refractivity contribution is 0.0480. The maximum atomic E-state index is 13.4. The van der Waals surface area contributed by atoms with Gasteiger partial charge in [-0.05, 0) is 61.7 Å². The Kier molecular flexibility index (Phi) is 7.09. The largest absolute Gasteiger partial charge is 0.439 e. The number of sulfone groups is 1. The van der Waals surface area contributed by atoms with E-state index in [-0.39, 0.29) is 27.8 Å². The van der Waals surface area contributed by atoms with E-state index in [1.165, 1.54) is 24.3 Å². The summed E-state index contributed by atoms with van der Waals surface area (Å²) in [5.41, 5.74) is 2.99. The first-order chi connectivity index (χ1) is 16.2. The van der Waals surface area contributed by atoms with Crippen molar-refractivity contribution in [2.75, 3.05) is 32.1 Å². The average molecular weight is 483 g/mol. The van der Waals surface area contributed by atoms with E-state index in [0.29, 0.717) is 19.7 Å². The minimum absolute atomic E-state index is 0.00593. The molecular formula is C26H30N2O5S. The molecule has 0 aliphatic carbocycles. The molecule has 1 saturated heterocycles. The maximum absolute atomic E-state index is 13.4. The second-order valence-electron chi connectivity index (χ2n) is 8.82. The van der Waals surface area contributed by atoms with Crippen LogP contribution in [0.3, 0.4) is 0 Å². The molecule has 3 aromatic rings. The van der Waals surface area contributed by atoms with Gasteiger partial charge in [0.1, 0.15) is 0 Å². The first kappa shape index (κ1) is 24.0. The number of ether oxygens (including phenoxy) is 1. The Labute approximate surface area is 200 Å². The lowest BCUT2D eigenvalue weighted by Gasteiger charge is -2.25. The van der Waals surface area contributed by atoms with Gasteiger partial charge < -0.3 is 19.0 Å². The normalized spacial score (nSPS) is 15.9. The fraction of sp³-hybridized carbons (Fsp3) is 0.346. The van der Waals surface area contributed by atoms with Crippen LogP contribution in [0.1, 0.15) is 34.5 Å². The number of furan rings is 1. The van der Waals surface area contributed by atoms with Crippen LogP contribution in [0.25, 0.3) is 0 Å². The van der Waals surface area contributed by atoms with Crippen molar-refractivity contribution in [1.82, 2.24) is 4.90 Å². The van der Waals surface area contributed by atoms with Gasteiger partial charge in [0.05, 0.1) is 11.0 Å². The van der Waals surface area contributed by atoms with Crippen molar-refractivity contribution >= 4 is 21.4 Å². The van der Waals surface area contributed by atoms with Crippen molar-refractivity contribution in [3.63, 3.8) is 0 Å². The number of nitrogens with zero attached hydrogens (tertiary/aromatic N) is 2. The van der Waals surface area contributed by atoms with Gasteiger partial charge in [-0.15, -0.1) is 0 Å². The highest BCUT2D eigenvalue weighted by Crippen LogP contribution is 2.25. The van der Waals surface area contributed by atoms with Gasteiger partial charge in [0, 0.05) is 39.5 Å². The van der Waals surface area contributed by atoms with E-state index in [4.69, 9.17) is 9.15 Å². The number of carbonyl (C=O) groups is 1. The molecule has 1 unspecified atom stereocenters. The molecule has 1 atom stereocenters. The third-order valence-corrected chi connectivity index (χ3v) is 7.59. The summed E-state index contributed by atoms with van der Waals surface area (Å²) in [5, 5.41) is -0.243. The summed E-state index contributed by atoms with van der Waals surface area (Å²) in [6.07, 6.45) is 1.80. The van der Waals surface area contributed by atoms with Crippen LogP contribution in [0.15, 0.2) is 75.1 Å². The number of hydrogen-bond acceptors (Lipinski definition) is 6. The number of hydrogen-bond donors (Lipinski definition) is 0. The molecule has 0 bridgehead atoms. The van der Waals surface area contributed by atoms with Gasteiger partial charge in [0.15, 0.2) is 5.76 Å². The third kappa shape index (κ3) is 5.34. The fourth-order valence-corrected chi connectivity index (χ4v) is 5.12. The zero-order chi connectivity index (χ0) is 24.3. The molecule has 8 heteroatoms. The standard InChI is InChI=1S/C26H30N2O5S/c1-19-6-12-23(13-7-19)34(30,31)25-15-14-24(33-25)26(29)28(18-22-5-4-16-32-22)17-20-8-10-21(11-9-20)27(2)3/h6-15,22H,4-5,16-18H2,1-3H3. The van der Waals surface area contributed by atoms with Crippen LogP contribution in [0.2, 0.25) is 0 Å². The molecule has 1 fully saturated rings. The van der Waals surface area contributed by atoms with E-state index >= 15 is 0 Å². The van der Waals surface area contributed by atoms with Crippen LogP contribution in [0.4, 0.5) is 5.69 Å². The molecule has 0 spiro atoms. The van der Waals surface area contributed by atoms with Crippen LogP contribution < -0.4 is 4.90 Å². The Bertz CT molecular complexity index is 1220. The second-order valence-corrected chi connectivity index (χ2v) is 10.7. The van der Waals surface area contributed by atoms with Gasteiger partial charge in [-0.3, -0.25) is 4.79 Å². The van der Waals surface area contributed by atoms with Crippen LogP contribution in [-0.4, -0.2) is 52.6 Å². The van der Waals surface area contributed by atoms with Gasteiger partial charge in [-0.2, -0.15) is 0 Å². The third-order valence-electron chi connectivity index (χ3n) is 5.95. The van der Waals surface area contributed by atoms with E-state index in [0.717, 1.165) is 29.7 Å². The molecule has 2 aromatic carbocycles. The van der Waals surface area contributed by atoms with E-state index in [9.17, 15) is 13.2 Å². The molecular weight excluding hydrogens is 452 g/mol. The van der Waals surface area contributed by atoms with Crippen LogP contribution >= 0.6 is 0 Å². The number of benzene rings is 2. The summed E-state index contributed by atoms with van der Waals surface area (Å²) in [7, 11) is 0.0922. The molecule has 7 nitrogen and oxygen atoms in total. The predicted octanol–water partition coefficient (Wildman–Crippen LogP) is 4.31. The van der Waals surface area contributed by atoms with Crippen LogP contribution in [0.5, 0.6) is 0 Å². The molecule has 1 aromatic heterocycles. The topological polar surface area (TPSA) is 80.1 Å². The first-order valence-electron chi connectivity index (χ1n) is 11.3. The van der Waals surface area contributed by atoms with Crippen molar-refractivity contribution in [3.05, 3.63) is 77.6 Å². The monoisotopic (exact) mass is 482 g/mol. The Morgan fingerprint density at radius 3 is 2.32 bits per heavy atom. The van der Waals surface area contributed by atoms with Crippen molar-refractivity contribution in [3.8, 4) is 0 Å². The fourth-order valence-electron chi connectivity index (χ4n) is 3.94. The molecule has 1 amide bonds. The van der Waals surface area contributed by atoms with Crippen molar-refractivity contribution in [1.29, 1.82) is 0 Å². The smallest absolute Gasteiger partial charge is 0.290 e. The molecule has 2 heterocycles. The van der Waals surface area contributed by atoms with E-state index in [1.54, 1.807) is 17.0 Å². The summed E-state index contributed by atoms with van der Waals surface area (Å²) in [5.74, 6) is -0.369. The van der Waals surface area contributed by atoms with E-state index < -0.39 is 9.84 Å². The molecule has 0 N–H and O–H groups in total. The zero-order valence-corrected chi connectivity index (χ0v) is 20.5. The van der Waals surface area contributed by atoms with Crippen molar-refractivity contribution in [2.45, 2.75) is 42.4 Å².